The molecule has 2 N–H and O–H groups in total. The number of carbonyl (C=O) groups excluding carboxylic acids is 3. The second kappa shape index (κ2) is 8.79. The summed E-state index contributed by atoms with van der Waals surface area (Å²) < 4.78 is 5.29. The van der Waals surface area contributed by atoms with E-state index in [0.29, 0.717) is 23.4 Å². The molecule has 0 aromatic heterocycles. The van der Waals surface area contributed by atoms with Gasteiger partial charge < -0.3 is 15.4 Å². The highest BCUT2D eigenvalue weighted by Crippen LogP contribution is 2.34. The third-order valence-electron chi connectivity index (χ3n) is 5.25. The number of amides is 4. The molecule has 1 aliphatic heterocycles. The number of thioether (sulfide) groups is 1. The van der Waals surface area contributed by atoms with Crippen LogP contribution in [0.5, 0.6) is 5.75 Å². The molecular weight excluding hydrogens is 402 g/mol. The molecule has 1 saturated heterocycles. The number of methoxy groups -OCH3 is 1. The molecule has 2 aromatic carbocycles. The lowest BCUT2D eigenvalue weighted by atomic mass is 9.86. The minimum absolute atomic E-state index is 0.356. The fourth-order valence-corrected chi connectivity index (χ4v) is 4.06. The Hall–Kier alpha value is -3.00. The predicted molar refractivity (Wildman–Crippen MR) is 117 cm³/mol. The van der Waals surface area contributed by atoms with Gasteiger partial charge in [0.2, 0.25) is 5.91 Å². The third kappa shape index (κ3) is 4.00. The Kier molecular flexibility index (Phi) is 6.36. The van der Waals surface area contributed by atoms with Crippen LogP contribution in [-0.4, -0.2) is 42.7 Å². The maximum Gasteiger partial charge on any atom is 0.325 e. The standard InChI is InChI=1S/C22H25N3O4S/c1-5-22(15-9-10-18(29-3)14(2)11-15)20(27)25(21(28)24-22)13-19(26)23-16-7-6-8-17(12-16)30-4/h6-12H,5,13H2,1-4H3,(H,23,26)(H,24,28). The Labute approximate surface area is 180 Å². The molecule has 0 radical (unpaired) electrons. The number of nitrogens with zero attached hydrogens (tertiary/aromatic N) is 1. The lowest BCUT2D eigenvalue weighted by Crippen LogP contribution is -2.44. The molecule has 158 valence electrons. The van der Waals surface area contributed by atoms with Gasteiger partial charge in [0.1, 0.15) is 17.8 Å². The van der Waals surface area contributed by atoms with Crippen LogP contribution in [0.3, 0.4) is 0 Å². The smallest absolute Gasteiger partial charge is 0.325 e. The van der Waals surface area contributed by atoms with Crippen molar-refractivity contribution in [1.29, 1.82) is 0 Å². The molecule has 1 aliphatic rings. The van der Waals surface area contributed by atoms with Crippen molar-refractivity contribution < 1.29 is 19.1 Å². The summed E-state index contributed by atoms with van der Waals surface area (Å²) in [6.45, 7) is 3.35. The number of ether oxygens (including phenoxy) is 1. The van der Waals surface area contributed by atoms with Crippen LogP contribution in [0, 0.1) is 6.92 Å². The third-order valence-corrected chi connectivity index (χ3v) is 5.97. The van der Waals surface area contributed by atoms with Crippen LogP contribution in [0.15, 0.2) is 47.4 Å². The van der Waals surface area contributed by atoms with E-state index in [9.17, 15) is 14.4 Å². The maximum absolute atomic E-state index is 13.3. The molecule has 2 aromatic rings. The van der Waals surface area contributed by atoms with Crippen LogP contribution < -0.4 is 15.4 Å². The van der Waals surface area contributed by atoms with Crippen molar-refractivity contribution in [3.05, 3.63) is 53.6 Å². The minimum Gasteiger partial charge on any atom is -0.496 e. The summed E-state index contributed by atoms with van der Waals surface area (Å²) >= 11 is 1.56. The predicted octanol–water partition coefficient (Wildman–Crippen LogP) is 3.52. The molecule has 1 fully saturated rings. The first kappa shape index (κ1) is 21.7. The van der Waals surface area contributed by atoms with Crippen LogP contribution in [0.25, 0.3) is 0 Å². The molecule has 8 heteroatoms. The monoisotopic (exact) mass is 427 g/mol. The molecule has 3 rings (SSSR count). The number of hydrogen-bond donors (Lipinski definition) is 2. The van der Waals surface area contributed by atoms with Gasteiger partial charge in [-0.2, -0.15) is 0 Å². The number of imide groups is 1. The topological polar surface area (TPSA) is 87.7 Å². The summed E-state index contributed by atoms with van der Waals surface area (Å²) in [6.07, 6.45) is 2.30. The molecule has 4 amide bonds. The Morgan fingerprint density at radius 3 is 2.63 bits per heavy atom. The van der Waals surface area contributed by atoms with Crippen LogP contribution in [-0.2, 0) is 15.1 Å². The number of benzene rings is 2. The summed E-state index contributed by atoms with van der Waals surface area (Å²) in [5, 5.41) is 5.55. The van der Waals surface area contributed by atoms with Crippen molar-refractivity contribution in [3.8, 4) is 5.75 Å². The highest BCUT2D eigenvalue weighted by atomic mass is 32.2. The lowest BCUT2D eigenvalue weighted by molar-refractivity contribution is -0.134. The Morgan fingerprint density at radius 2 is 2.00 bits per heavy atom. The van der Waals surface area contributed by atoms with Gasteiger partial charge in [0.05, 0.1) is 7.11 Å². The first-order chi connectivity index (χ1) is 14.3. The normalized spacial score (nSPS) is 18.3. The minimum atomic E-state index is -1.20. The zero-order valence-electron chi connectivity index (χ0n) is 17.4. The van der Waals surface area contributed by atoms with Gasteiger partial charge in [-0.1, -0.05) is 19.1 Å². The summed E-state index contributed by atoms with van der Waals surface area (Å²) in [5.41, 5.74) is 0.936. The van der Waals surface area contributed by atoms with Gasteiger partial charge in [-0.15, -0.1) is 11.8 Å². The average molecular weight is 428 g/mol. The maximum atomic E-state index is 13.3. The van der Waals surface area contributed by atoms with Crippen molar-refractivity contribution in [3.63, 3.8) is 0 Å². The zero-order valence-corrected chi connectivity index (χ0v) is 18.3. The van der Waals surface area contributed by atoms with Gasteiger partial charge in [-0.25, -0.2) is 4.79 Å². The number of urea groups is 1. The Balaban J connectivity index is 1.80. The van der Waals surface area contributed by atoms with E-state index in [1.54, 1.807) is 37.1 Å². The molecule has 1 unspecified atom stereocenters. The van der Waals surface area contributed by atoms with E-state index in [4.69, 9.17) is 4.74 Å². The second-order valence-electron chi connectivity index (χ2n) is 7.04. The van der Waals surface area contributed by atoms with E-state index >= 15 is 0 Å². The van der Waals surface area contributed by atoms with Gasteiger partial charge in [-0.3, -0.25) is 14.5 Å². The van der Waals surface area contributed by atoms with E-state index in [2.05, 4.69) is 10.6 Å². The first-order valence-electron chi connectivity index (χ1n) is 9.57. The fraction of sp³-hybridized carbons (Fsp3) is 0.318. The van der Waals surface area contributed by atoms with Crippen molar-refractivity contribution in [2.75, 3.05) is 25.2 Å². The van der Waals surface area contributed by atoms with Gasteiger partial charge >= 0.3 is 6.03 Å². The number of nitrogens with one attached hydrogen (secondary N) is 2. The molecule has 0 bridgehead atoms. The molecule has 30 heavy (non-hydrogen) atoms. The quantitative estimate of drug-likeness (QED) is 0.521. The number of aryl methyl sites for hydroxylation is 1. The number of carbonyl (C=O) groups is 3. The molecule has 7 nitrogen and oxygen atoms in total. The van der Waals surface area contributed by atoms with Gasteiger partial charge in [0.25, 0.3) is 5.91 Å². The highest BCUT2D eigenvalue weighted by molar-refractivity contribution is 7.98. The van der Waals surface area contributed by atoms with Crippen molar-refractivity contribution >= 4 is 35.3 Å². The lowest BCUT2D eigenvalue weighted by Gasteiger charge is -2.26. The fourth-order valence-electron chi connectivity index (χ4n) is 3.60. The first-order valence-corrected chi connectivity index (χ1v) is 10.8. The molecule has 0 spiro atoms. The van der Waals surface area contributed by atoms with Crippen LogP contribution in [0.4, 0.5) is 10.5 Å². The van der Waals surface area contributed by atoms with E-state index in [0.717, 1.165) is 15.4 Å². The van der Waals surface area contributed by atoms with E-state index < -0.39 is 23.4 Å². The number of rotatable bonds is 7. The Morgan fingerprint density at radius 1 is 1.23 bits per heavy atom. The Bertz CT molecular complexity index is 994. The molecule has 1 atom stereocenters. The van der Waals surface area contributed by atoms with Gasteiger partial charge in [-0.05, 0) is 61.1 Å². The summed E-state index contributed by atoms with van der Waals surface area (Å²) in [5.74, 6) is -0.173. The summed E-state index contributed by atoms with van der Waals surface area (Å²) in [6, 6.07) is 12.2. The van der Waals surface area contributed by atoms with E-state index in [-0.39, 0.29) is 6.54 Å². The highest BCUT2D eigenvalue weighted by Gasteiger charge is 2.51. The van der Waals surface area contributed by atoms with Crippen molar-refractivity contribution in [2.24, 2.45) is 0 Å². The SMILES string of the molecule is CCC1(c2ccc(OC)c(C)c2)NC(=O)N(CC(=O)Nc2cccc(SC)c2)C1=O. The zero-order chi connectivity index (χ0) is 21.9. The molecular formula is C22H25N3O4S. The second-order valence-corrected chi connectivity index (χ2v) is 7.92. The largest absolute Gasteiger partial charge is 0.496 e. The molecule has 0 saturated carbocycles. The number of anilines is 1. The number of hydrogen-bond acceptors (Lipinski definition) is 5. The van der Waals surface area contributed by atoms with Crippen molar-refractivity contribution in [1.82, 2.24) is 10.2 Å². The molecule has 1 heterocycles. The van der Waals surface area contributed by atoms with Gasteiger partial charge in [0.15, 0.2) is 0 Å². The van der Waals surface area contributed by atoms with Gasteiger partial charge in [0, 0.05) is 10.6 Å². The summed E-state index contributed by atoms with van der Waals surface area (Å²) in [4.78, 5) is 40.4. The van der Waals surface area contributed by atoms with E-state index in [1.165, 1.54) is 0 Å². The van der Waals surface area contributed by atoms with Crippen molar-refractivity contribution in [2.45, 2.75) is 30.7 Å². The average Bonchev–Trinajstić information content (AvgIpc) is 2.98. The van der Waals surface area contributed by atoms with Crippen LogP contribution >= 0.6 is 11.8 Å². The van der Waals surface area contributed by atoms with E-state index in [1.807, 2.05) is 44.4 Å². The molecule has 0 aliphatic carbocycles. The summed E-state index contributed by atoms with van der Waals surface area (Å²) in [7, 11) is 1.58. The van der Waals surface area contributed by atoms with Crippen LogP contribution in [0.1, 0.15) is 24.5 Å². The van der Waals surface area contributed by atoms with Crippen LogP contribution in [0.2, 0.25) is 0 Å².